The van der Waals surface area contributed by atoms with Gasteiger partial charge in [-0.15, -0.1) is 0 Å². The van der Waals surface area contributed by atoms with Crippen molar-refractivity contribution in [2.75, 3.05) is 0 Å². The summed E-state index contributed by atoms with van der Waals surface area (Å²) in [6.07, 6.45) is 0. The highest BCUT2D eigenvalue weighted by atomic mass is 15.1. The lowest BCUT2D eigenvalue weighted by Gasteiger charge is -2.10. The molecule has 234 valence electrons. The first kappa shape index (κ1) is 28.3. The quantitative estimate of drug-likeness (QED) is 0.188. The van der Waals surface area contributed by atoms with Crippen molar-refractivity contribution in [2.45, 2.75) is 0 Å². The largest absolute Gasteiger partial charge is 0.309 e. The molecule has 4 heteroatoms. The van der Waals surface area contributed by atoms with Gasteiger partial charge in [-0.2, -0.15) is 0 Å². The molecule has 0 saturated carbocycles. The van der Waals surface area contributed by atoms with E-state index in [1.807, 2.05) is 24.3 Å². The Hall–Kier alpha value is -6.78. The zero-order valence-electron chi connectivity index (χ0n) is 27.1. The van der Waals surface area contributed by atoms with E-state index in [1.54, 1.807) is 0 Å². The Morgan fingerprint density at radius 2 is 0.900 bits per heavy atom. The van der Waals surface area contributed by atoms with Crippen LogP contribution in [0.15, 0.2) is 182 Å². The zero-order valence-corrected chi connectivity index (χ0v) is 27.1. The molecule has 10 aromatic rings. The van der Waals surface area contributed by atoms with Crippen molar-refractivity contribution in [1.29, 1.82) is 0 Å². The molecule has 0 N–H and O–H groups in total. The minimum absolute atomic E-state index is 0.706. The van der Waals surface area contributed by atoms with Gasteiger partial charge in [-0.05, 0) is 59.7 Å². The summed E-state index contributed by atoms with van der Waals surface area (Å²) in [6, 6.07) is 64.2. The molecule has 0 bridgehead atoms. The number of fused-ring (bicyclic) bond motifs is 6. The van der Waals surface area contributed by atoms with Crippen LogP contribution in [0, 0.1) is 0 Å². The summed E-state index contributed by atoms with van der Waals surface area (Å²) in [5, 5.41) is 4.63. The molecule has 0 aliphatic carbocycles. The molecule has 3 aromatic heterocycles. The van der Waals surface area contributed by atoms with E-state index in [-0.39, 0.29) is 0 Å². The summed E-state index contributed by atoms with van der Waals surface area (Å²) in [5.74, 6) is 0.706. The van der Waals surface area contributed by atoms with Crippen LogP contribution in [-0.2, 0) is 0 Å². The fourth-order valence-corrected chi connectivity index (χ4v) is 7.45. The fourth-order valence-electron chi connectivity index (χ4n) is 7.45. The van der Waals surface area contributed by atoms with Crippen LogP contribution < -0.4 is 0 Å². The van der Waals surface area contributed by atoms with E-state index in [9.17, 15) is 0 Å². The molecular weight excluding hydrogens is 609 g/mol. The van der Waals surface area contributed by atoms with Gasteiger partial charge in [0, 0.05) is 38.7 Å². The van der Waals surface area contributed by atoms with Crippen molar-refractivity contribution in [3.8, 4) is 45.1 Å². The molecular formula is C46H30N4. The van der Waals surface area contributed by atoms with Gasteiger partial charge < -0.3 is 4.57 Å². The summed E-state index contributed by atoms with van der Waals surface area (Å²) in [4.78, 5) is 10.5. The van der Waals surface area contributed by atoms with Crippen LogP contribution in [0.3, 0.4) is 0 Å². The molecule has 0 spiro atoms. The standard InChI is InChI=1S/C46H30N4/c1-5-15-31(16-6-1)44-43-38-27-25-34(33-26-28-41-39(29-33)37-23-13-14-24-40(37)49(41)35-19-9-3-10-20-35)30-42(38)50(36-21-11-4-12-22-36)46(43)48-45(47-44)32-17-7-2-8-18-32/h1-30H. The van der Waals surface area contributed by atoms with E-state index >= 15 is 0 Å². The van der Waals surface area contributed by atoms with Gasteiger partial charge in [-0.1, -0.05) is 133 Å². The third-order valence-corrected chi connectivity index (χ3v) is 9.72. The molecule has 0 unspecified atom stereocenters. The van der Waals surface area contributed by atoms with Gasteiger partial charge in [-0.25, -0.2) is 9.97 Å². The molecule has 4 nitrogen and oxygen atoms in total. The lowest BCUT2D eigenvalue weighted by Crippen LogP contribution is -1.99. The molecule has 0 saturated heterocycles. The zero-order chi connectivity index (χ0) is 33.0. The van der Waals surface area contributed by atoms with Gasteiger partial charge in [0.15, 0.2) is 5.82 Å². The fraction of sp³-hybridized carbons (Fsp3) is 0. The van der Waals surface area contributed by atoms with E-state index in [2.05, 4.69) is 167 Å². The average molecular weight is 639 g/mol. The van der Waals surface area contributed by atoms with Crippen molar-refractivity contribution in [3.05, 3.63) is 182 Å². The molecule has 10 rings (SSSR count). The second kappa shape index (κ2) is 11.4. The minimum atomic E-state index is 0.706. The second-order valence-electron chi connectivity index (χ2n) is 12.6. The topological polar surface area (TPSA) is 35.6 Å². The highest BCUT2D eigenvalue weighted by Gasteiger charge is 2.22. The lowest BCUT2D eigenvalue weighted by atomic mass is 10.00. The van der Waals surface area contributed by atoms with Gasteiger partial charge in [0.05, 0.1) is 27.6 Å². The van der Waals surface area contributed by atoms with Gasteiger partial charge in [0.1, 0.15) is 5.65 Å². The molecule has 0 atom stereocenters. The number of aromatic nitrogens is 4. The van der Waals surface area contributed by atoms with Crippen LogP contribution >= 0.6 is 0 Å². The van der Waals surface area contributed by atoms with Crippen LogP contribution in [0.2, 0.25) is 0 Å². The van der Waals surface area contributed by atoms with Crippen molar-refractivity contribution < 1.29 is 0 Å². The smallest absolute Gasteiger partial charge is 0.162 e. The van der Waals surface area contributed by atoms with Crippen molar-refractivity contribution in [1.82, 2.24) is 19.1 Å². The van der Waals surface area contributed by atoms with E-state index in [1.165, 1.54) is 27.4 Å². The summed E-state index contributed by atoms with van der Waals surface area (Å²) < 4.78 is 4.66. The Kier molecular flexibility index (Phi) is 6.46. The van der Waals surface area contributed by atoms with Gasteiger partial charge >= 0.3 is 0 Å². The number of benzene rings is 7. The molecule has 0 radical (unpaired) electrons. The Balaban J connectivity index is 1.25. The summed E-state index contributed by atoms with van der Waals surface area (Å²) in [5.41, 5.74) is 11.9. The Labute approximate surface area is 289 Å². The maximum Gasteiger partial charge on any atom is 0.162 e. The van der Waals surface area contributed by atoms with Gasteiger partial charge in [0.2, 0.25) is 0 Å². The highest BCUT2D eigenvalue weighted by Crippen LogP contribution is 2.41. The molecule has 50 heavy (non-hydrogen) atoms. The van der Waals surface area contributed by atoms with E-state index < -0.39 is 0 Å². The molecule has 0 fully saturated rings. The molecule has 0 amide bonds. The predicted octanol–water partition coefficient (Wildman–Crippen LogP) is 11.7. The highest BCUT2D eigenvalue weighted by molar-refractivity contribution is 6.15. The number of rotatable bonds is 5. The van der Waals surface area contributed by atoms with Crippen LogP contribution in [0.1, 0.15) is 0 Å². The average Bonchev–Trinajstić information content (AvgIpc) is 3.71. The first-order valence-corrected chi connectivity index (χ1v) is 16.9. The van der Waals surface area contributed by atoms with E-state index in [0.29, 0.717) is 5.82 Å². The van der Waals surface area contributed by atoms with Crippen LogP contribution in [-0.4, -0.2) is 19.1 Å². The van der Waals surface area contributed by atoms with Crippen molar-refractivity contribution in [3.63, 3.8) is 0 Å². The number of hydrogen-bond donors (Lipinski definition) is 0. The van der Waals surface area contributed by atoms with Crippen molar-refractivity contribution in [2.24, 2.45) is 0 Å². The first-order valence-electron chi connectivity index (χ1n) is 16.9. The third-order valence-electron chi connectivity index (χ3n) is 9.72. The molecule has 0 aliphatic heterocycles. The van der Waals surface area contributed by atoms with Crippen LogP contribution in [0.25, 0.3) is 88.9 Å². The maximum absolute atomic E-state index is 5.30. The number of nitrogens with zero attached hydrogens (tertiary/aromatic N) is 4. The van der Waals surface area contributed by atoms with Gasteiger partial charge in [0.25, 0.3) is 0 Å². The second-order valence-corrected chi connectivity index (χ2v) is 12.6. The number of para-hydroxylation sites is 3. The van der Waals surface area contributed by atoms with Crippen LogP contribution in [0.4, 0.5) is 0 Å². The Morgan fingerprint density at radius 3 is 1.62 bits per heavy atom. The van der Waals surface area contributed by atoms with Gasteiger partial charge in [-0.3, -0.25) is 4.57 Å². The molecule has 3 heterocycles. The lowest BCUT2D eigenvalue weighted by molar-refractivity contribution is 1.11. The third kappa shape index (κ3) is 4.46. The predicted molar refractivity (Wildman–Crippen MR) is 207 cm³/mol. The maximum atomic E-state index is 5.30. The Morgan fingerprint density at radius 1 is 0.340 bits per heavy atom. The first-order chi connectivity index (χ1) is 24.8. The summed E-state index contributed by atoms with van der Waals surface area (Å²) in [6.45, 7) is 0. The van der Waals surface area contributed by atoms with E-state index in [0.717, 1.165) is 55.7 Å². The normalized spacial score (nSPS) is 11.6. The monoisotopic (exact) mass is 638 g/mol. The minimum Gasteiger partial charge on any atom is -0.309 e. The Bertz CT molecular complexity index is 2840. The SMILES string of the molecule is c1ccc(-c2nc(-c3ccccc3)c3c4ccc(-c5ccc6c(c5)c5ccccc5n6-c5ccccc5)cc4n(-c4ccccc4)c3n2)cc1. The van der Waals surface area contributed by atoms with E-state index in [4.69, 9.17) is 9.97 Å². The summed E-state index contributed by atoms with van der Waals surface area (Å²) in [7, 11) is 0. The molecule has 7 aromatic carbocycles. The summed E-state index contributed by atoms with van der Waals surface area (Å²) >= 11 is 0. The van der Waals surface area contributed by atoms with Crippen LogP contribution in [0.5, 0.6) is 0 Å². The van der Waals surface area contributed by atoms with Crippen molar-refractivity contribution >= 4 is 43.7 Å². The molecule has 0 aliphatic rings. The number of hydrogen-bond acceptors (Lipinski definition) is 2.